The summed E-state index contributed by atoms with van der Waals surface area (Å²) in [6, 6.07) is 16.0. The smallest absolute Gasteiger partial charge is 0.488 e. The molecule has 3 aliphatic rings. The summed E-state index contributed by atoms with van der Waals surface area (Å²) in [5.74, 6) is -2.95. The fourth-order valence-electron chi connectivity index (χ4n) is 6.64. The molecule has 2 fully saturated rings. The first-order valence-electron chi connectivity index (χ1n) is 14.0. The third kappa shape index (κ3) is 5.06. The summed E-state index contributed by atoms with van der Waals surface area (Å²) in [4.78, 5) is 32.9. The minimum Gasteiger partial charge on any atom is -0.505 e. The Labute approximate surface area is 242 Å². The molecule has 214 valence electrons. The molecule has 1 aliphatic carbocycles. The quantitative estimate of drug-likeness (QED) is 0.227. The molecule has 8 nitrogen and oxygen atoms in total. The second kappa shape index (κ2) is 11.3. The molecule has 0 bridgehead atoms. The summed E-state index contributed by atoms with van der Waals surface area (Å²) < 4.78 is 20.3. The molecule has 3 heterocycles. The number of benzene rings is 2. The third-order valence-corrected chi connectivity index (χ3v) is 8.56. The predicted molar refractivity (Wildman–Crippen MR) is 156 cm³/mol. The normalized spacial score (nSPS) is 23.8. The van der Waals surface area contributed by atoms with Gasteiger partial charge in [0.15, 0.2) is 11.6 Å². The lowest BCUT2D eigenvalue weighted by atomic mass is 9.70. The Balaban J connectivity index is 1.24. The Kier molecular flexibility index (Phi) is 7.53. The highest BCUT2D eigenvalue weighted by molar-refractivity contribution is 6.58. The fourth-order valence-corrected chi connectivity index (χ4v) is 6.64. The van der Waals surface area contributed by atoms with Gasteiger partial charge in [-0.1, -0.05) is 29.8 Å². The molecule has 0 spiro atoms. The lowest BCUT2D eigenvalue weighted by Crippen LogP contribution is -2.35. The number of carbonyl (C=O) groups excluding carboxylic acids is 2. The molecule has 3 N–H and O–H groups in total. The Morgan fingerprint density at radius 1 is 1.10 bits per heavy atom. The molecule has 2 aliphatic heterocycles. The Hall–Kier alpha value is -4.12. The van der Waals surface area contributed by atoms with Crippen molar-refractivity contribution in [3.8, 4) is 5.75 Å². The van der Waals surface area contributed by atoms with Crippen LogP contribution in [0.15, 0.2) is 78.0 Å². The number of hydrogen-bond acceptors (Lipinski definition) is 7. The Morgan fingerprint density at radius 2 is 1.93 bits per heavy atom. The highest BCUT2D eigenvalue weighted by Gasteiger charge is 2.56. The number of ether oxygens (including phenoxy) is 1. The third-order valence-electron chi connectivity index (χ3n) is 8.56. The second-order valence-corrected chi connectivity index (χ2v) is 11.1. The van der Waals surface area contributed by atoms with Crippen molar-refractivity contribution in [2.75, 3.05) is 11.5 Å². The van der Waals surface area contributed by atoms with Gasteiger partial charge in [0.25, 0.3) is 0 Å². The molecule has 0 unspecified atom stereocenters. The highest BCUT2D eigenvalue weighted by atomic mass is 19.1. The highest BCUT2D eigenvalue weighted by Crippen LogP contribution is 2.50. The van der Waals surface area contributed by atoms with Crippen LogP contribution >= 0.6 is 0 Å². The molecule has 3 aromatic rings. The first kappa shape index (κ1) is 28.0. The lowest BCUT2D eigenvalue weighted by molar-refractivity contribution is -0.122. The number of allylic oxidation sites excluding steroid dienone is 2. The number of anilines is 1. The zero-order valence-electron chi connectivity index (χ0n) is 23.0. The zero-order chi connectivity index (χ0) is 29.5. The van der Waals surface area contributed by atoms with Crippen molar-refractivity contribution in [3.63, 3.8) is 0 Å². The van der Waals surface area contributed by atoms with E-state index in [2.05, 4.69) is 4.98 Å². The van der Waals surface area contributed by atoms with Gasteiger partial charge < -0.3 is 19.9 Å². The maximum absolute atomic E-state index is 14.1. The minimum atomic E-state index is -1.71. The number of amides is 2. The number of aromatic hydroxyl groups is 1. The molecule has 1 aromatic heterocycles. The van der Waals surface area contributed by atoms with Gasteiger partial charge in [-0.3, -0.25) is 19.5 Å². The molecule has 4 atom stereocenters. The van der Waals surface area contributed by atoms with Gasteiger partial charge in [0.1, 0.15) is 0 Å². The van der Waals surface area contributed by atoms with Crippen LogP contribution in [0.3, 0.4) is 0 Å². The van der Waals surface area contributed by atoms with E-state index in [-0.39, 0.29) is 29.3 Å². The second-order valence-electron chi connectivity index (χ2n) is 11.1. The topological polar surface area (TPSA) is 120 Å². The van der Waals surface area contributed by atoms with Crippen LogP contribution in [0.4, 0.5) is 10.1 Å². The number of pyridine rings is 1. The van der Waals surface area contributed by atoms with E-state index in [0.29, 0.717) is 37.1 Å². The van der Waals surface area contributed by atoms with E-state index < -0.39 is 30.5 Å². The molecular weight excluding hydrogens is 538 g/mol. The van der Waals surface area contributed by atoms with Crippen molar-refractivity contribution in [2.45, 2.75) is 32.3 Å². The van der Waals surface area contributed by atoms with Crippen LogP contribution in [-0.4, -0.2) is 51.8 Å². The molecule has 2 saturated heterocycles. The van der Waals surface area contributed by atoms with E-state index in [1.165, 1.54) is 29.2 Å². The van der Waals surface area contributed by atoms with E-state index in [1.54, 1.807) is 24.4 Å². The molecule has 10 heteroatoms. The van der Waals surface area contributed by atoms with Crippen LogP contribution in [-0.2, 0) is 14.3 Å². The molecule has 0 radical (unpaired) electrons. The van der Waals surface area contributed by atoms with Crippen LogP contribution < -0.4 is 10.4 Å². The summed E-state index contributed by atoms with van der Waals surface area (Å²) in [5, 5.41) is 28.8. The summed E-state index contributed by atoms with van der Waals surface area (Å²) in [5.41, 5.74) is 4.87. The van der Waals surface area contributed by atoms with Crippen molar-refractivity contribution >= 4 is 41.7 Å². The van der Waals surface area contributed by atoms with E-state index in [0.717, 1.165) is 22.4 Å². The zero-order valence-corrected chi connectivity index (χ0v) is 23.0. The Morgan fingerprint density at radius 3 is 2.67 bits per heavy atom. The first-order chi connectivity index (χ1) is 20.2. The number of phenols is 1. The molecule has 42 heavy (non-hydrogen) atoms. The number of carbonyl (C=O) groups is 2. The average molecular weight is 568 g/mol. The number of phenolic OH excluding ortho intramolecular Hbond substituents is 1. The standard InChI is InChI=1S/C32H30BFN2O6/c1-18-13-23-30(32(39)36(31(23)38)22-6-4-5-21(16-22)33(40)41)24-17-42-28(29(18)24)11-9-20(26-7-2-3-12-35-26)14-19-8-10-27(37)25(34)15-19/h2-8,10,12,14-16,23-24,28,30,37,40-41H,9,11,13,17H2,1H3/b20-14-/t23-,24+,28-,30-/m1/s1. The van der Waals surface area contributed by atoms with Gasteiger partial charge in [0.2, 0.25) is 11.8 Å². The molecular formula is C32H30BFN2O6. The summed E-state index contributed by atoms with van der Waals surface area (Å²) in [6.07, 6.45) is 4.93. The van der Waals surface area contributed by atoms with Gasteiger partial charge in [-0.25, -0.2) is 4.39 Å². The van der Waals surface area contributed by atoms with Gasteiger partial charge in [-0.2, -0.15) is 0 Å². The van der Waals surface area contributed by atoms with Gasteiger partial charge in [0, 0.05) is 12.1 Å². The molecule has 2 amide bonds. The van der Waals surface area contributed by atoms with Gasteiger partial charge in [-0.05, 0) is 90.8 Å². The van der Waals surface area contributed by atoms with E-state index in [1.807, 2.05) is 31.2 Å². The molecule has 6 rings (SSSR count). The molecule has 0 saturated carbocycles. The number of hydrogen-bond donors (Lipinski definition) is 3. The Bertz CT molecular complexity index is 1610. The van der Waals surface area contributed by atoms with E-state index in [4.69, 9.17) is 4.74 Å². The van der Waals surface area contributed by atoms with Crippen molar-refractivity contribution in [3.05, 3.63) is 95.1 Å². The summed E-state index contributed by atoms with van der Waals surface area (Å²) >= 11 is 0. The van der Waals surface area contributed by atoms with Crippen LogP contribution in [0.1, 0.15) is 37.4 Å². The molecule has 2 aromatic carbocycles. The number of aromatic nitrogens is 1. The number of fused-ring (bicyclic) bond motifs is 3. The van der Waals surface area contributed by atoms with Crippen molar-refractivity contribution in [1.29, 1.82) is 0 Å². The largest absolute Gasteiger partial charge is 0.505 e. The van der Waals surface area contributed by atoms with Crippen LogP contribution in [0, 0.1) is 23.6 Å². The predicted octanol–water partition coefficient (Wildman–Crippen LogP) is 3.47. The maximum atomic E-state index is 14.1. The van der Waals surface area contributed by atoms with E-state index in [9.17, 15) is 29.1 Å². The first-order valence-corrected chi connectivity index (χ1v) is 14.0. The van der Waals surface area contributed by atoms with Crippen molar-refractivity contribution in [2.24, 2.45) is 17.8 Å². The number of imide groups is 1. The minimum absolute atomic E-state index is 0.203. The van der Waals surface area contributed by atoms with Crippen molar-refractivity contribution in [1.82, 2.24) is 4.98 Å². The number of rotatable bonds is 7. The van der Waals surface area contributed by atoms with Gasteiger partial charge in [0.05, 0.1) is 35.9 Å². The van der Waals surface area contributed by atoms with Crippen LogP contribution in [0.2, 0.25) is 0 Å². The van der Waals surface area contributed by atoms with Gasteiger partial charge >= 0.3 is 7.12 Å². The average Bonchev–Trinajstić information content (AvgIpc) is 3.52. The van der Waals surface area contributed by atoms with Gasteiger partial charge in [-0.15, -0.1) is 0 Å². The lowest BCUT2D eigenvalue weighted by Gasteiger charge is -2.30. The number of nitrogens with zero attached hydrogens (tertiary/aromatic N) is 2. The summed E-state index contributed by atoms with van der Waals surface area (Å²) in [6.45, 7) is 2.32. The fraction of sp³-hybridized carbons (Fsp3) is 0.281. The number of halogens is 1. The van der Waals surface area contributed by atoms with E-state index >= 15 is 0 Å². The monoisotopic (exact) mass is 568 g/mol. The SMILES string of the molecule is CC1=C2[C@@H](CC/C(=C/c3ccc(O)c(F)c3)c3ccccn3)OC[C@@H]2[C@@H]2C(=O)N(c3cccc(B(O)O)c3)C(=O)[C@@H]2C1. The van der Waals surface area contributed by atoms with Crippen LogP contribution in [0.25, 0.3) is 11.6 Å². The van der Waals surface area contributed by atoms with Crippen LogP contribution in [0.5, 0.6) is 5.75 Å². The maximum Gasteiger partial charge on any atom is 0.488 e. The van der Waals surface area contributed by atoms with Crippen molar-refractivity contribution < 1.29 is 33.9 Å². The summed E-state index contributed by atoms with van der Waals surface area (Å²) in [7, 11) is -1.71.